The molecule has 0 saturated carbocycles. The van der Waals surface area contributed by atoms with E-state index in [1.54, 1.807) is 0 Å². The van der Waals surface area contributed by atoms with E-state index in [9.17, 15) is 0 Å². The average molecular weight is 727 g/mol. The number of hydrogen-bond donors (Lipinski definition) is 0. The van der Waals surface area contributed by atoms with Gasteiger partial charge in [-0.3, -0.25) is 0 Å². The summed E-state index contributed by atoms with van der Waals surface area (Å²) in [6.07, 6.45) is 0. The fraction of sp³-hybridized carbons (Fsp3) is 0. The Labute approximate surface area is 330 Å². The van der Waals surface area contributed by atoms with Crippen LogP contribution in [0, 0.1) is 0 Å². The van der Waals surface area contributed by atoms with Gasteiger partial charge in [-0.25, -0.2) is 9.97 Å². The molecule has 0 radical (unpaired) electrons. The highest BCUT2D eigenvalue weighted by molar-refractivity contribution is 6.20. The summed E-state index contributed by atoms with van der Waals surface area (Å²) in [6.45, 7) is 0. The molecule has 0 N–H and O–H groups in total. The van der Waals surface area contributed by atoms with Crippen LogP contribution in [0.25, 0.3) is 111 Å². The number of hydrogen-bond acceptors (Lipinski definition) is 3. The van der Waals surface area contributed by atoms with Gasteiger partial charge in [-0.2, -0.15) is 0 Å². The maximum atomic E-state index is 6.23. The molecule has 0 aliphatic rings. The predicted octanol–water partition coefficient (Wildman–Crippen LogP) is 14.7. The van der Waals surface area contributed by atoms with Crippen LogP contribution in [0.1, 0.15) is 0 Å². The minimum absolute atomic E-state index is 0.662. The van der Waals surface area contributed by atoms with Gasteiger partial charge in [0.05, 0.1) is 5.69 Å². The van der Waals surface area contributed by atoms with Gasteiger partial charge >= 0.3 is 0 Å². The Bertz CT molecular complexity index is 3220. The maximum Gasteiger partial charge on any atom is 0.160 e. The quantitative estimate of drug-likeness (QED) is 0.126. The summed E-state index contributed by atoms with van der Waals surface area (Å²) in [4.78, 5) is 9.96. The van der Waals surface area contributed by atoms with E-state index >= 15 is 0 Å². The van der Waals surface area contributed by atoms with Crippen molar-refractivity contribution in [2.75, 3.05) is 0 Å². The van der Waals surface area contributed by atoms with Crippen LogP contribution in [-0.4, -0.2) is 9.97 Å². The van der Waals surface area contributed by atoms with Crippen LogP contribution in [-0.2, 0) is 0 Å². The van der Waals surface area contributed by atoms with Crippen molar-refractivity contribution in [1.82, 2.24) is 9.97 Å². The molecule has 0 atom stereocenters. The van der Waals surface area contributed by atoms with Gasteiger partial charge < -0.3 is 4.42 Å². The zero-order chi connectivity index (χ0) is 37.7. The molecule has 2 heterocycles. The molecular weight excluding hydrogens is 693 g/mol. The van der Waals surface area contributed by atoms with Gasteiger partial charge in [-0.05, 0) is 90.0 Å². The van der Waals surface area contributed by atoms with Gasteiger partial charge in [0.1, 0.15) is 11.3 Å². The van der Waals surface area contributed by atoms with E-state index in [2.05, 4.69) is 146 Å². The third-order valence-corrected chi connectivity index (χ3v) is 11.1. The summed E-state index contributed by atoms with van der Waals surface area (Å²) in [5.41, 5.74) is 11.6. The molecule has 266 valence electrons. The Morgan fingerprint density at radius 2 is 0.842 bits per heavy atom. The Morgan fingerprint density at radius 3 is 1.53 bits per heavy atom. The largest absolute Gasteiger partial charge is 0.454 e. The standard InChI is InChI=1S/C54H34N2O/c1-2-11-42(12-3-1)54-55-49(34-50(56-54)52-33-44-14-6-9-17-51(44)57-52)40-26-22-37(23-27-40)35-18-20-36(21-19-35)38-24-28-41(29-25-38)53-46-16-8-5-13-43(46)32-48-45-15-7-4-10-39(45)30-31-47(48)53/h1-34H. The molecule has 11 aromatic rings. The Kier molecular flexibility index (Phi) is 7.82. The molecule has 2 aromatic heterocycles. The molecule has 3 nitrogen and oxygen atoms in total. The second-order valence-electron chi connectivity index (χ2n) is 14.6. The normalized spacial score (nSPS) is 11.5. The van der Waals surface area contributed by atoms with E-state index in [0.29, 0.717) is 5.82 Å². The van der Waals surface area contributed by atoms with Crippen molar-refractivity contribution in [2.24, 2.45) is 0 Å². The summed E-state index contributed by atoms with van der Waals surface area (Å²) < 4.78 is 6.23. The van der Waals surface area contributed by atoms with Gasteiger partial charge in [0.2, 0.25) is 0 Å². The monoisotopic (exact) mass is 726 g/mol. The maximum absolute atomic E-state index is 6.23. The van der Waals surface area contributed by atoms with Crippen molar-refractivity contribution in [3.05, 3.63) is 206 Å². The van der Waals surface area contributed by atoms with Gasteiger partial charge in [-0.15, -0.1) is 0 Å². The first-order valence-electron chi connectivity index (χ1n) is 19.3. The van der Waals surface area contributed by atoms with Crippen LogP contribution < -0.4 is 0 Å². The lowest BCUT2D eigenvalue weighted by Crippen LogP contribution is -1.95. The van der Waals surface area contributed by atoms with E-state index in [4.69, 9.17) is 14.4 Å². The van der Waals surface area contributed by atoms with Crippen molar-refractivity contribution < 1.29 is 4.42 Å². The minimum Gasteiger partial charge on any atom is -0.454 e. The van der Waals surface area contributed by atoms with Gasteiger partial charge in [0.25, 0.3) is 0 Å². The molecule has 0 amide bonds. The van der Waals surface area contributed by atoms with Gasteiger partial charge in [0, 0.05) is 16.5 Å². The third-order valence-electron chi connectivity index (χ3n) is 11.1. The number of furan rings is 1. The number of benzene rings is 9. The summed E-state index contributed by atoms with van der Waals surface area (Å²) in [5, 5.41) is 8.68. The highest BCUT2D eigenvalue weighted by atomic mass is 16.3. The molecule has 9 aromatic carbocycles. The molecule has 0 unspecified atom stereocenters. The zero-order valence-corrected chi connectivity index (χ0v) is 30.9. The first-order chi connectivity index (χ1) is 28.2. The smallest absolute Gasteiger partial charge is 0.160 e. The van der Waals surface area contributed by atoms with Crippen molar-refractivity contribution >= 4 is 43.3 Å². The lowest BCUT2D eigenvalue weighted by atomic mass is 9.89. The minimum atomic E-state index is 0.662. The second kappa shape index (κ2) is 13.6. The van der Waals surface area contributed by atoms with Crippen molar-refractivity contribution in [3.63, 3.8) is 0 Å². The van der Waals surface area contributed by atoms with E-state index in [-0.39, 0.29) is 0 Å². The van der Waals surface area contributed by atoms with Crippen LogP contribution in [0.5, 0.6) is 0 Å². The van der Waals surface area contributed by atoms with E-state index < -0.39 is 0 Å². The summed E-state index contributed by atoms with van der Waals surface area (Å²) in [6, 6.07) is 73.0. The first kappa shape index (κ1) is 32.8. The van der Waals surface area contributed by atoms with Crippen LogP contribution in [0.2, 0.25) is 0 Å². The van der Waals surface area contributed by atoms with Crippen LogP contribution >= 0.6 is 0 Å². The third kappa shape index (κ3) is 5.94. The molecule has 0 spiro atoms. The fourth-order valence-corrected chi connectivity index (χ4v) is 8.19. The molecule has 0 bridgehead atoms. The highest BCUT2D eigenvalue weighted by Crippen LogP contribution is 2.40. The molecule has 0 aliphatic heterocycles. The Balaban J connectivity index is 0.893. The van der Waals surface area contributed by atoms with Crippen molar-refractivity contribution in [2.45, 2.75) is 0 Å². The van der Waals surface area contributed by atoms with E-state index in [0.717, 1.165) is 50.4 Å². The SMILES string of the molecule is c1ccc(-c2nc(-c3ccc(-c4ccc(-c5ccc(-c6c7ccccc7cc7c6ccc6ccccc67)cc5)cc4)cc3)cc(-c3cc4ccccc4o3)n2)cc1. The van der Waals surface area contributed by atoms with Crippen LogP contribution in [0.3, 0.4) is 0 Å². The van der Waals surface area contributed by atoms with Gasteiger partial charge in [0.15, 0.2) is 11.6 Å². The molecule has 0 fully saturated rings. The first-order valence-corrected chi connectivity index (χ1v) is 19.3. The van der Waals surface area contributed by atoms with Crippen LogP contribution in [0.4, 0.5) is 0 Å². The average Bonchev–Trinajstić information content (AvgIpc) is 3.73. The number of nitrogens with zero attached hydrogens (tertiary/aromatic N) is 2. The topological polar surface area (TPSA) is 38.9 Å². The number of fused-ring (bicyclic) bond motifs is 5. The van der Waals surface area contributed by atoms with Crippen LogP contribution in [0.15, 0.2) is 211 Å². The Morgan fingerprint density at radius 1 is 0.298 bits per heavy atom. The van der Waals surface area contributed by atoms with Crippen molar-refractivity contribution in [3.8, 4) is 67.5 Å². The van der Waals surface area contributed by atoms with E-state index in [1.165, 1.54) is 54.6 Å². The Hall–Kier alpha value is -7.62. The molecule has 0 aliphatic carbocycles. The number of para-hydroxylation sites is 1. The molecule has 0 saturated heterocycles. The lowest BCUT2D eigenvalue weighted by molar-refractivity contribution is 0.628. The molecular formula is C54H34N2O. The van der Waals surface area contributed by atoms with Gasteiger partial charge in [-0.1, -0.05) is 182 Å². The fourth-order valence-electron chi connectivity index (χ4n) is 8.19. The molecule has 3 heteroatoms. The molecule has 57 heavy (non-hydrogen) atoms. The molecule has 11 rings (SSSR count). The highest BCUT2D eigenvalue weighted by Gasteiger charge is 2.15. The summed E-state index contributed by atoms with van der Waals surface area (Å²) in [5.74, 6) is 1.38. The lowest BCUT2D eigenvalue weighted by Gasteiger charge is -2.14. The summed E-state index contributed by atoms with van der Waals surface area (Å²) in [7, 11) is 0. The second-order valence-corrected chi connectivity index (χ2v) is 14.6. The zero-order valence-electron chi connectivity index (χ0n) is 30.9. The van der Waals surface area contributed by atoms with E-state index in [1.807, 2.05) is 60.7 Å². The predicted molar refractivity (Wildman–Crippen MR) is 237 cm³/mol. The van der Waals surface area contributed by atoms with Crippen molar-refractivity contribution in [1.29, 1.82) is 0 Å². The number of rotatable bonds is 6. The number of aromatic nitrogens is 2. The summed E-state index contributed by atoms with van der Waals surface area (Å²) >= 11 is 0.